The molecule has 1 N–H and O–H groups in total. The molecule has 1 amide bonds. The van der Waals surface area contributed by atoms with Crippen molar-refractivity contribution >= 4 is 22.9 Å². The summed E-state index contributed by atoms with van der Waals surface area (Å²) in [5.74, 6) is -0.342. The van der Waals surface area contributed by atoms with Gasteiger partial charge in [-0.2, -0.15) is 0 Å². The van der Waals surface area contributed by atoms with Crippen LogP contribution in [-0.4, -0.2) is 18.0 Å². The van der Waals surface area contributed by atoms with Gasteiger partial charge < -0.3 is 14.8 Å². The minimum absolute atomic E-state index is 0.0426. The van der Waals surface area contributed by atoms with Gasteiger partial charge in [-0.15, -0.1) is 11.3 Å². The number of anilines is 1. The number of benzene rings is 3. The van der Waals surface area contributed by atoms with E-state index in [1.54, 1.807) is 48.9 Å². The Morgan fingerprint density at radius 2 is 1.62 bits per heavy atom. The number of carbonyl (C=O) groups is 1. The number of carbonyl (C=O) groups excluding carboxylic acids is 1. The molecule has 5 nitrogen and oxygen atoms in total. The van der Waals surface area contributed by atoms with Gasteiger partial charge in [0.1, 0.15) is 40.4 Å². The van der Waals surface area contributed by atoms with Gasteiger partial charge in [-0.25, -0.2) is 13.8 Å². The third-order valence-corrected chi connectivity index (χ3v) is 5.41. The van der Waals surface area contributed by atoms with Crippen molar-refractivity contribution < 1.29 is 23.0 Å². The number of rotatable bonds is 7. The summed E-state index contributed by atoms with van der Waals surface area (Å²) in [6.45, 7) is 0.0426. The molecule has 0 bridgehead atoms. The first-order valence-corrected chi connectivity index (χ1v) is 10.5. The van der Waals surface area contributed by atoms with E-state index in [1.165, 1.54) is 23.5 Å². The Hall–Kier alpha value is -3.78. The maximum Gasteiger partial charge on any atom is 0.275 e. The quantitative estimate of drug-likeness (QED) is 0.378. The Balaban J connectivity index is 1.38. The highest BCUT2D eigenvalue weighted by molar-refractivity contribution is 7.13. The van der Waals surface area contributed by atoms with Crippen molar-refractivity contribution in [1.29, 1.82) is 0 Å². The van der Waals surface area contributed by atoms with E-state index in [0.29, 0.717) is 33.5 Å². The molecule has 1 aromatic heterocycles. The van der Waals surface area contributed by atoms with Crippen LogP contribution in [0, 0.1) is 11.6 Å². The predicted octanol–water partition coefficient (Wildman–Crippen LogP) is 5.93. The van der Waals surface area contributed by atoms with E-state index in [1.807, 2.05) is 12.1 Å². The van der Waals surface area contributed by atoms with Crippen LogP contribution < -0.4 is 14.8 Å². The average molecular weight is 452 g/mol. The first-order valence-electron chi connectivity index (χ1n) is 9.59. The van der Waals surface area contributed by atoms with Crippen molar-refractivity contribution in [2.45, 2.75) is 6.61 Å². The van der Waals surface area contributed by atoms with Crippen LogP contribution in [0.4, 0.5) is 14.5 Å². The number of methoxy groups -OCH3 is 1. The Labute approximate surface area is 187 Å². The molecular weight excluding hydrogens is 434 g/mol. The molecule has 0 aliphatic rings. The zero-order valence-electron chi connectivity index (χ0n) is 17.0. The predicted molar refractivity (Wildman–Crippen MR) is 119 cm³/mol. The Bertz CT molecular complexity index is 1200. The van der Waals surface area contributed by atoms with Crippen LogP contribution in [0.25, 0.3) is 10.6 Å². The van der Waals surface area contributed by atoms with E-state index >= 15 is 0 Å². The maximum absolute atomic E-state index is 13.3. The minimum atomic E-state index is -0.644. The second-order valence-electron chi connectivity index (χ2n) is 6.81. The highest BCUT2D eigenvalue weighted by Gasteiger charge is 2.12. The number of halogens is 2. The summed E-state index contributed by atoms with van der Waals surface area (Å²) in [4.78, 5) is 16.9. The van der Waals surface area contributed by atoms with E-state index in [0.717, 1.165) is 11.6 Å². The molecule has 0 fully saturated rings. The lowest BCUT2D eigenvalue weighted by Crippen LogP contribution is -2.12. The van der Waals surface area contributed by atoms with Crippen molar-refractivity contribution in [3.63, 3.8) is 0 Å². The van der Waals surface area contributed by atoms with E-state index in [2.05, 4.69) is 10.3 Å². The van der Waals surface area contributed by atoms with Crippen LogP contribution in [0.1, 0.15) is 16.1 Å². The molecule has 0 spiro atoms. The Morgan fingerprint density at radius 1 is 0.969 bits per heavy atom. The second-order valence-corrected chi connectivity index (χ2v) is 7.67. The lowest BCUT2D eigenvalue weighted by molar-refractivity contribution is 0.102. The lowest BCUT2D eigenvalue weighted by atomic mass is 10.2. The molecule has 8 heteroatoms. The van der Waals surface area contributed by atoms with Crippen molar-refractivity contribution in [1.82, 2.24) is 4.98 Å². The summed E-state index contributed by atoms with van der Waals surface area (Å²) in [5.41, 5.74) is 2.18. The third-order valence-electron chi connectivity index (χ3n) is 4.51. The fraction of sp³-hybridized carbons (Fsp3) is 0.0833. The number of hydrogen-bond acceptors (Lipinski definition) is 5. The molecular formula is C24H18F2N2O3S. The normalized spacial score (nSPS) is 10.6. The van der Waals surface area contributed by atoms with Crippen LogP contribution in [0.5, 0.6) is 11.5 Å². The summed E-state index contributed by atoms with van der Waals surface area (Å²) >= 11 is 1.35. The highest BCUT2D eigenvalue weighted by Crippen LogP contribution is 2.27. The lowest BCUT2D eigenvalue weighted by Gasteiger charge is -2.07. The minimum Gasteiger partial charge on any atom is -0.497 e. The van der Waals surface area contributed by atoms with Gasteiger partial charge >= 0.3 is 0 Å². The van der Waals surface area contributed by atoms with Gasteiger partial charge in [-0.05, 0) is 66.2 Å². The smallest absolute Gasteiger partial charge is 0.275 e. The van der Waals surface area contributed by atoms with E-state index in [4.69, 9.17) is 9.47 Å². The van der Waals surface area contributed by atoms with Gasteiger partial charge in [0, 0.05) is 22.7 Å². The molecule has 0 aliphatic heterocycles. The molecule has 0 saturated heterocycles. The first kappa shape index (κ1) is 21.5. The molecule has 32 heavy (non-hydrogen) atoms. The van der Waals surface area contributed by atoms with Crippen LogP contribution in [0.2, 0.25) is 0 Å². The third kappa shape index (κ3) is 5.28. The van der Waals surface area contributed by atoms with Crippen LogP contribution in [0.15, 0.2) is 72.1 Å². The van der Waals surface area contributed by atoms with Gasteiger partial charge in [0.2, 0.25) is 0 Å². The average Bonchev–Trinajstić information content (AvgIpc) is 3.28. The number of nitrogens with zero attached hydrogens (tertiary/aromatic N) is 1. The molecule has 4 rings (SSSR count). The topological polar surface area (TPSA) is 60.5 Å². The summed E-state index contributed by atoms with van der Waals surface area (Å²) in [6.07, 6.45) is 0. The van der Waals surface area contributed by atoms with Gasteiger partial charge in [-0.1, -0.05) is 0 Å². The Morgan fingerprint density at radius 3 is 2.28 bits per heavy atom. The number of ether oxygens (including phenoxy) is 2. The molecule has 1 heterocycles. The molecule has 4 aromatic rings. The number of nitrogens with one attached hydrogen (secondary N) is 1. The summed E-state index contributed by atoms with van der Waals surface area (Å²) in [6, 6.07) is 17.4. The SMILES string of the molecule is COc1ccc(NC(=O)c2csc(-c3ccc(OCc4cc(F)cc(F)c4)cc3)n2)cc1. The second kappa shape index (κ2) is 9.57. The number of hydrogen-bond donors (Lipinski definition) is 1. The zero-order chi connectivity index (χ0) is 22.5. The molecule has 3 aromatic carbocycles. The molecule has 162 valence electrons. The van der Waals surface area contributed by atoms with Crippen molar-refractivity contribution in [2.24, 2.45) is 0 Å². The van der Waals surface area contributed by atoms with Crippen LogP contribution in [0.3, 0.4) is 0 Å². The van der Waals surface area contributed by atoms with Gasteiger partial charge in [-0.3, -0.25) is 4.79 Å². The van der Waals surface area contributed by atoms with Crippen LogP contribution in [-0.2, 0) is 6.61 Å². The summed E-state index contributed by atoms with van der Waals surface area (Å²) in [7, 11) is 1.58. The first-order chi connectivity index (χ1) is 15.5. The van der Waals surface area contributed by atoms with Crippen LogP contribution >= 0.6 is 11.3 Å². The summed E-state index contributed by atoms with van der Waals surface area (Å²) < 4.78 is 37.2. The largest absolute Gasteiger partial charge is 0.497 e. The molecule has 0 saturated carbocycles. The van der Waals surface area contributed by atoms with Gasteiger partial charge in [0.05, 0.1) is 7.11 Å². The highest BCUT2D eigenvalue weighted by atomic mass is 32.1. The standard InChI is InChI=1S/C24H18F2N2O3S/c1-30-20-8-4-19(5-9-20)27-23(29)22-14-32-24(28-22)16-2-6-21(7-3-16)31-13-15-10-17(25)12-18(26)11-15/h2-12,14H,13H2,1H3,(H,27,29). The van der Waals surface area contributed by atoms with Crippen molar-refractivity contribution in [3.8, 4) is 22.1 Å². The maximum atomic E-state index is 13.3. The molecule has 0 radical (unpaired) electrons. The molecule has 0 unspecified atom stereocenters. The number of aromatic nitrogens is 1. The van der Waals surface area contributed by atoms with Gasteiger partial charge in [0.25, 0.3) is 5.91 Å². The Kier molecular flexibility index (Phi) is 6.42. The van der Waals surface area contributed by atoms with E-state index in [9.17, 15) is 13.6 Å². The van der Waals surface area contributed by atoms with Gasteiger partial charge in [0.15, 0.2) is 0 Å². The number of amides is 1. The fourth-order valence-corrected chi connectivity index (χ4v) is 3.74. The molecule has 0 atom stereocenters. The van der Waals surface area contributed by atoms with E-state index in [-0.39, 0.29) is 12.5 Å². The monoisotopic (exact) mass is 452 g/mol. The summed E-state index contributed by atoms with van der Waals surface area (Å²) in [5, 5.41) is 5.18. The number of thiazole rings is 1. The molecule has 0 aliphatic carbocycles. The van der Waals surface area contributed by atoms with Crippen molar-refractivity contribution in [2.75, 3.05) is 12.4 Å². The van der Waals surface area contributed by atoms with Crippen molar-refractivity contribution in [3.05, 3.63) is 95.0 Å². The van der Waals surface area contributed by atoms with E-state index < -0.39 is 11.6 Å². The fourth-order valence-electron chi connectivity index (χ4n) is 2.93. The zero-order valence-corrected chi connectivity index (χ0v) is 17.8.